The third-order valence-electron chi connectivity index (χ3n) is 3.63. The van der Waals surface area contributed by atoms with Gasteiger partial charge in [0.1, 0.15) is 5.75 Å². The van der Waals surface area contributed by atoms with Gasteiger partial charge in [-0.05, 0) is 30.3 Å². The van der Waals surface area contributed by atoms with E-state index in [9.17, 15) is 4.79 Å². The predicted molar refractivity (Wildman–Crippen MR) is 103 cm³/mol. The van der Waals surface area contributed by atoms with Gasteiger partial charge < -0.3 is 14.8 Å². The Hall–Kier alpha value is -2.83. The minimum absolute atomic E-state index is 0.249. The van der Waals surface area contributed by atoms with Crippen molar-refractivity contribution in [2.45, 2.75) is 6.54 Å². The summed E-state index contributed by atoms with van der Waals surface area (Å²) in [6.45, 7) is 0.249. The first-order valence-corrected chi connectivity index (χ1v) is 8.67. The minimum atomic E-state index is -0.330. The summed E-state index contributed by atoms with van der Waals surface area (Å²) >= 11 is 12.0. The van der Waals surface area contributed by atoms with Crippen molar-refractivity contribution < 1.29 is 14.3 Å². The van der Waals surface area contributed by atoms with E-state index in [1.807, 2.05) is 6.07 Å². The molecule has 0 aliphatic carbocycles. The molecule has 27 heavy (non-hydrogen) atoms. The molecule has 0 saturated heterocycles. The van der Waals surface area contributed by atoms with E-state index in [0.29, 0.717) is 27.2 Å². The normalized spacial score (nSPS) is 10.3. The first-order chi connectivity index (χ1) is 13.1. The third kappa shape index (κ3) is 4.67. The molecule has 8 heteroatoms. The predicted octanol–water partition coefficient (Wildman–Crippen LogP) is 4.51. The van der Waals surface area contributed by atoms with Gasteiger partial charge in [-0.1, -0.05) is 29.3 Å². The number of amides is 1. The molecule has 0 radical (unpaired) electrons. The first kappa shape index (κ1) is 18.9. The number of hydrogen-bond donors (Lipinski definition) is 1. The topological polar surface area (TPSA) is 73.3 Å². The Balaban J connectivity index is 1.77. The fraction of sp³-hybridized carbons (Fsp3) is 0.105. The standard InChI is InChI=1S/C19H15Cl2N3O3/c1-26-19-12(3-2-7-23-19)10-24-18(25)14-6-8-22-11-17(14)27-16-5-4-13(20)9-15(16)21/h2-9,11H,10H2,1H3,(H,24,25). The molecular formula is C19H15Cl2N3O3. The lowest BCUT2D eigenvalue weighted by atomic mass is 10.2. The second kappa shape index (κ2) is 8.70. The number of nitrogens with one attached hydrogen (secondary N) is 1. The number of carbonyl (C=O) groups excluding carboxylic acids is 1. The van der Waals surface area contributed by atoms with Gasteiger partial charge in [0.25, 0.3) is 5.91 Å². The maximum absolute atomic E-state index is 12.6. The van der Waals surface area contributed by atoms with E-state index in [4.69, 9.17) is 32.7 Å². The molecule has 1 aromatic carbocycles. The number of nitrogens with zero attached hydrogens (tertiary/aromatic N) is 2. The Bertz CT molecular complexity index is 966. The Labute approximate surface area is 166 Å². The molecule has 0 unspecified atom stereocenters. The summed E-state index contributed by atoms with van der Waals surface area (Å²) < 4.78 is 10.9. The maximum atomic E-state index is 12.6. The highest BCUT2D eigenvalue weighted by atomic mass is 35.5. The highest BCUT2D eigenvalue weighted by molar-refractivity contribution is 6.35. The lowest BCUT2D eigenvalue weighted by molar-refractivity contribution is 0.0948. The number of methoxy groups -OCH3 is 1. The molecule has 1 amide bonds. The SMILES string of the molecule is COc1ncccc1CNC(=O)c1ccncc1Oc1ccc(Cl)cc1Cl. The van der Waals surface area contributed by atoms with E-state index in [-0.39, 0.29) is 18.2 Å². The monoisotopic (exact) mass is 403 g/mol. The summed E-state index contributed by atoms with van der Waals surface area (Å²) in [5, 5.41) is 3.64. The largest absolute Gasteiger partial charge is 0.481 e. The fourth-order valence-corrected chi connectivity index (χ4v) is 2.79. The fourth-order valence-electron chi connectivity index (χ4n) is 2.34. The number of pyridine rings is 2. The zero-order chi connectivity index (χ0) is 19.2. The number of carbonyl (C=O) groups is 1. The van der Waals surface area contributed by atoms with E-state index in [1.54, 1.807) is 36.5 Å². The second-order valence-electron chi connectivity index (χ2n) is 5.40. The smallest absolute Gasteiger partial charge is 0.255 e. The van der Waals surface area contributed by atoms with E-state index >= 15 is 0 Å². The molecule has 2 aromatic heterocycles. The molecule has 0 fully saturated rings. The van der Waals surface area contributed by atoms with Crippen LogP contribution in [0.2, 0.25) is 10.0 Å². The van der Waals surface area contributed by atoms with Gasteiger partial charge in [0.05, 0.1) is 23.9 Å². The summed E-state index contributed by atoms with van der Waals surface area (Å²) in [4.78, 5) is 20.8. The quantitative estimate of drug-likeness (QED) is 0.654. The van der Waals surface area contributed by atoms with Crippen molar-refractivity contribution in [2.75, 3.05) is 7.11 Å². The summed E-state index contributed by atoms with van der Waals surface area (Å²) in [6, 6.07) is 9.99. The van der Waals surface area contributed by atoms with E-state index < -0.39 is 0 Å². The van der Waals surface area contributed by atoms with Crippen LogP contribution >= 0.6 is 23.2 Å². The van der Waals surface area contributed by atoms with Crippen molar-refractivity contribution in [3.63, 3.8) is 0 Å². The molecule has 138 valence electrons. The number of rotatable bonds is 6. The molecule has 0 atom stereocenters. The molecule has 3 rings (SSSR count). The number of aromatic nitrogens is 2. The van der Waals surface area contributed by atoms with Crippen LogP contribution in [-0.4, -0.2) is 23.0 Å². The first-order valence-electron chi connectivity index (χ1n) is 7.91. The van der Waals surface area contributed by atoms with Crippen molar-refractivity contribution in [3.05, 3.63) is 76.2 Å². The van der Waals surface area contributed by atoms with Crippen LogP contribution in [0, 0.1) is 0 Å². The van der Waals surface area contributed by atoms with Crippen LogP contribution in [0.25, 0.3) is 0 Å². The molecule has 0 spiro atoms. The third-order valence-corrected chi connectivity index (χ3v) is 4.16. The number of hydrogen-bond acceptors (Lipinski definition) is 5. The zero-order valence-corrected chi connectivity index (χ0v) is 15.8. The summed E-state index contributed by atoms with van der Waals surface area (Å²) in [7, 11) is 1.53. The summed E-state index contributed by atoms with van der Waals surface area (Å²) in [5.74, 6) is 0.773. The van der Waals surface area contributed by atoms with Crippen LogP contribution in [0.4, 0.5) is 0 Å². The molecule has 6 nitrogen and oxygen atoms in total. The lowest BCUT2D eigenvalue weighted by Gasteiger charge is -2.12. The molecule has 0 bridgehead atoms. The van der Waals surface area contributed by atoms with Crippen molar-refractivity contribution >= 4 is 29.1 Å². The second-order valence-corrected chi connectivity index (χ2v) is 6.25. The van der Waals surface area contributed by atoms with Gasteiger partial charge in [0.15, 0.2) is 5.75 Å². The average molecular weight is 404 g/mol. The van der Waals surface area contributed by atoms with Gasteiger partial charge in [0, 0.05) is 29.5 Å². The van der Waals surface area contributed by atoms with E-state index in [2.05, 4.69) is 15.3 Å². The van der Waals surface area contributed by atoms with Crippen molar-refractivity contribution in [2.24, 2.45) is 0 Å². The van der Waals surface area contributed by atoms with Crippen LogP contribution in [-0.2, 0) is 6.54 Å². The van der Waals surface area contributed by atoms with Crippen LogP contribution in [0.5, 0.6) is 17.4 Å². The van der Waals surface area contributed by atoms with Gasteiger partial charge >= 0.3 is 0 Å². The Morgan fingerprint density at radius 3 is 2.78 bits per heavy atom. The van der Waals surface area contributed by atoms with Crippen molar-refractivity contribution in [1.29, 1.82) is 0 Å². The molecular weight excluding hydrogens is 389 g/mol. The molecule has 0 aliphatic rings. The van der Waals surface area contributed by atoms with Gasteiger partial charge in [0.2, 0.25) is 5.88 Å². The molecule has 0 saturated carbocycles. The molecule has 2 heterocycles. The highest BCUT2D eigenvalue weighted by Gasteiger charge is 2.15. The molecule has 0 aliphatic heterocycles. The van der Waals surface area contributed by atoms with E-state index in [0.717, 1.165) is 5.56 Å². The highest BCUT2D eigenvalue weighted by Crippen LogP contribution is 2.32. The number of halogens is 2. The summed E-state index contributed by atoms with van der Waals surface area (Å²) in [5.41, 5.74) is 1.07. The number of benzene rings is 1. The van der Waals surface area contributed by atoms with Crippen LogP contribution in [0.15, 0.2) is 55.0 Å². The maximum Gasteiger partial charge on any atom is 0.255 e. The average Bonchev–Trinajstić information content (AvgIpc) is 2.69. The van der Waals surface area contributed by atoms with Crippen LogP contribution in [0.1, 0.15) is 15.9 Å². The van der Waals surface area contributed by atoms with Gasteiger partial charge in [-0.15, -0.1) is 0 Å². The minimum Gasteiger partial charge on any atom is -0.481 e. The van der Waals surface area contributed by atoms with Crippen molar-refractivity contribution in [3.8, 4) is 17.4 Å². The zero-order valence-electron chi connectivity index (χ0n) is 14.3. The molecule has 3 aromatic rings. The van der Waals surface area contributed by atoms with Crippen LogP contribution < -0.4 is 14.8 Å². The van der Waals surface area contributed by atoms with Gasteiger partial charge in [-0.3, -0.25) is 9.78 Å². The van der Waals surface area contributed by atoms with E-state index in [1.165, 1.54) is 19.5 Å². The van der Waals surface area contributed by atoms with Crippen molar-refractivity contribution in [1.82, 2.24) is 15.3 Å². The van der Waals surface area contributed by atoms with Gasteiger partial charge in [-0.2, -0.15) is 0 Å². The molecule has 1 N–H and O–H groups in total. The Morgan fingerprint density at radius 1 is 1.15 bits per heavy atom. The van der Waals surface area contributed by atoms with Crippen LogP contribution in [0.3, 0.4) is 0 Å². The number of ether oxygens (including phenoxy) is 2. The Kier molecular flexibility index (Phi) is 6.11. The lowest BCUT2D eigenvalue weighted by Crippen LogP contribution is -2.23. The summed E-state index contributed by atoms with van der Waals surface area (Å²) in [6.07, 6.45) is 4.58. The Morgan fingerprint density at radius 2 is 2.00 bits per heavy atom. The van der Waals surface area contributed by atoms with Gasteiger partial charge in [-0.25, -0.2) is 4.98 Å².